The molecule has 0 saturated heterocycles. The van der Waals surface area contributed by atoms with E-state index in [4.69, 9.17) is 9.47 Å². The van der Waals surface area contributed by atoms with Gasteiger partial charge in [-0.15, -0.1) is 13.2 Å². The highest BCUT2D eigenvalue weighted by Gasteiger charge is 2.13. The van der Waals surface area contributed by atoms with Crippen LogP contribution in [0.5, 0.6) is 0 Å². The molecular weight excluding hydrogens is 190 g/mol. The van der Waals surface area contributed by atoms with E-state index in [2.05, 4.69) is 27.3 Å². The topological polar surface area (TPSA) is 18.5 Å². The van der Waals surface area contributed by atoms with Gasteiger partial charge >= 0.3 is 0 Å². The average molecular weight is 214 g/mol. The maximum Gasteiger partial charge on any atom is 0.102 e. The van der Waals surface area contributed by atoms with E-state index in [1.165, 1.54) is 0 Å². The number of hydrogen-bond acceptors (Lipinski definition) is 2. The zero-order valence-corrected chi connectivity index (χ0v) is 10.1. The van der Waals surface area contributed by atoms with E-state index in [9.17, 15) is 0 Å². The van der Waals surface area contributed by atoms with Crippen molar-refractivity contribution >= 4 is 0 Å². The van der Waals surface area contributed by atoms with Crippen molar-refractivity contribution < 1.29 is 14.0 Å². The van der Waals surface area contributed by atoms with Crippen LogP contribution in [0.25, 0.3) is 0 Å². The van der Waals surface area contributed by atoms with Gasteiger partial charge in [-0.05, 0) is 0 Å². The van der Waals surface area contributed by atoms with E-state index in [1.807, 2.05) is 0 Å². The lowest BCUT2D eigenvalue weighted by molar-refractivity contribution is -0.891. The molecule has 0 aromatic heterocycles. The fourth-order valence-electron chi connectivity index (χ4n) is 1.07. The van der Waals surface area contributed by atoms with Crippen molar-refractivity contribution in [2.24, 2.45) is 0 Å². The van der Waals surface area contributed by atoms with Gasteiger partial charge in [-0.3, -0.25) is 0 Å². The molecule has 0 N–H and O–H groups in total. The van der Waals surface area contributed by atoms with Crippen molar-refractivity contribution in [3.63, 3.8) is 0 Å². The Kier molecular flexibility index (Phi) is 8.28. The molecule has 88 valence electrons. The van der Waals surface area contributed by atoms with Crippen molar-refractivity contribution in [1.82, 2.24) is 0 Å². The van der Waals surface area contributed by atoms with Crippen LogP contribution in [0.2, 0.25) is 0 Å². The number of rotatable bonds is 10. The maximum atomic E-state index is 5.36. The Balaban J connectivity index is 3.47. The fraction of sp³-hybridized carbons (Fsp3) is 0.667. The van der Waals surface area contributed by atoms with E-state index in [0.717, 1.165) is 30.8 Å². The van der Waals surface area contributed by atoms with Crippen LogP contribution in [0.4, 0.5) is 0 Å². The monoisotopic (exact) mass is 214 g/mol. The van der Waals surface area contributed by atoms with Gasteiger partial charge in [-0.1, -0.05) is 12.2 Å². The molecule has 0 aliphatic rings. The fourth-order valence-corrected chi connectivity index (χ4v) is 1.07. The summed E-state index contributed by atoms with van der Waals surface area (Å²) >= 11 is 0. The minimum atomic E-state index is 0.632. The minimum Gasteiger partial charge on any atom is -0.372 e. The first-order chi connectivity index (χ1) is 7.12. The highest BCUT2D eigenvalue weighted by atomic mass is 16.5. The van der Waals surface area contributed by atoms with Gasteiger partial charge in [0.2, 0.25) is 0 Å². The molecule has 0 heterocycles. The van der Waals surface area contributed by atoms with Gasteiger partial charge in [-0.25, -0.2) is 0 Å². The molecule has 15 heavy (non-hydrogen) atoms. The van der Waals surface area contributed by atoms with Crippen LogP contribution in [0, 0.1) is 0 Å². The Labute approximate surface area is 93.6 Å². The van der Waals surface area contributed by atoms with Crippen LogP contribution in [-0.4, -0.2) is 58.1 Å². The summed E-state index contributed by atoms with van der Waals surface area (Å²) in [7, 11) is 4.35. The Morgan fingerprint density at radius 3 is 1.67 bits per heavy atom. The van der Waals surface area contributed by atoms with Crippen molar-refractivity contribution in [2.75, 3.05) is 53.6 Å². The summed E-state index contributed by atoms with van der Waals surface area (Å²) in [5.41, 5.74) is 0. The molecule has 3 nitrogen and oxygen atoms in total. The van der Waals surface area contributed by atoms with Crippen LogP contribution < -0.4 is 0 Å². The van der Waals surface area contributed by atoms with E-state index in [0.29, 0.717) is 13.2 Å². The number of quaternary nitrogens is 1. The zero-order valence-electron chi connectivity index (χ0n) is 10.1. The molecule has 0 fully saturated rings. The predicted octanol–water partition coefficient (Wildman–Crippen LogP) is 1.47. The smallest absolute Gasteiger partial charge is 0.102 e. The Hall–Kier alpha value is -0.640. The Bertz CT molecular complexity index is 160. The molecule has 0 atom stereocenters. The minimum absolute atomic E-state index is 0.632. The lowest BCUT2D eigenvalue weighted by Gasteiger charge is -2.29. The summed E-state index contributed by atoms with van der Waals surface area (Å²) < 4.78 is 11.6. The molecule has 0 aliphatic heterocycles. The summed E-state index contributed by atoms with van der Waals surface area (Å²) in [5, 5.41) is 0. The molecule has 0 aromatic rings. The molecule has 0 radical (unpaired) electrons. The molecular formula is C12H24NO2+. The van der Waals surface area contributed by atoms with Crippen LogP contribution in [-0.2, 0) is 9.47 Å². The predicted molar refractivity (Wildman–Crippen MR) is 63.9 cm³/mol. The Morgan fingerprint density at radius 2 is 1.33 bits per heavy atom. The lowest BCUT2D eigenvalue weighted by atomic mass is 10.4. The van der Waals surface area contributed by atoms with Crippen molar-refractivity contribution in [3.8, 4) is 0 Å². The quantitative estimate of drug-likeness (QED) is 0.311. The first kappa shape index (κ1) is 14.4. The van der Waals surface area contributed by atoms with Gasteiger partial charge < -0.3 is 14.0 Å². The number of ether oxygens (including phenoxy) is 2. The molecule has 0 rings (SSSR count). The number of likely N-dealkylation sites (N-methyl/N-ethyl adjacent to an activating group) is 1. The molecule has 0 aromatic carbocycles. The first-order valence-electron chi connectivity index (χ1n) is 5.31. The zero-order chi connectivity index (χ0) is 11.6. The van der Waals surface area contributed by atoms with Gasteiger partial charge in [0.25, 0.3) is 0 Å². The van der Waals surface area contributed by atoms with Crippen LogP contribution >= 0.6 is 0 Å². The SMILES string of the molecule is C=CCOCC[N+](C)(C)CCOCC=C. The first-order valence-corrected chi connectivity index (χ1v) is 5.31. The van der Waals surface area contributed by atoms with Gasteiger partial charge in [0.15, 0.2) is 0 Å². The molecule has 0 aliphatic carbocycles. The van der Waals surface area contributed by atoms with Crippen LogP contribution in [0.3, 0.4) is 0 Å². The third-order valence-corrected chi connectivity index (χ3v) is 2.15. The summed E-state index contributed by atoms with van der Waals surface area (Å²) in [4.78, 5) is 0. The van der Waals surface area contributed by atoms with Gasteiger partial charge in [0.1, 0.15) is 13.1 Å². The maximum absolute atomic E-state index is 5.36. The van der Waals surface area contributed by atoms with Gasteiger partial charge in [-0.2, -0.15) is 0 Å². The number of nitrogens with zero attached hydrogens (tertiary/aromatic N) is 1. The van der Waals surface area contributed by atoms with Crippen LogP contribution in [0.15, 0.2) is 25.3 Å². The van der Waals surface area contributed by atoms with Crippen molar-refractivity contribution in [2.45, 2.75) is 0 Å². The highest BCUT2D eigenvalue weighted by Crippen LogP contribution is 1.96. The lowest BCUT2D eigenvalue weighted by Crippen LogP contribution is -2.44. The third kappa shape index (κ3) is 9.66. The van der Waals surface area contributed by atoms with Gasteiger partial charge in [0, 0.05) is 0 Å². The van der Waals surface area contributed by atoms with E-state index < -0.39 is 0 Å². The number of hydrogen-bond donors (Lipinski definition) is 0. The highest BCUT2D eigenvalue weighted by molar-refractivity contribution is 4.64. The third-order valence-electron chi connectivity index (χ3n) is 2.15. The standard InChI is InChI=1S/C12H24NO2/c1-5-9-14-11-7-13(3,4)8-12-15-10-6-2/h5-6H,1-2,7-12H2,3-4H3/q+1. The van der Waals surface area contributed by atoms with E-state index >= 15 is 0 Å². The molecule has 0 amide bonds. The summed E-state index contributed by atoms with van der Waals surface area (Å²) in [5.74, 6) is 0. The van der Waals surface area contributed by atoms with Crippen molar-refractivity contribution in [1.29, 1.82) is 0 Å². The second-order valence-electron chi connectivity index (χ2n) is 4.11. The summed E-state index contributed by atoms with van der Waals surface area (Å²) in [6.07, 6.45) is 3.54. The van der Waals surface area contributed by atoms with Crippen molar-refractivity contribution in [3.05, 3.63) is 25.3 Å². The summed E-state index contributed by atoms with van der Waals surface area (Å²) in [6.45, 7) is 12.0. The largest absolute Gasteiger partial charge is 0.372 e. The second-order valence-corrected chi connectivity index (χ2v) is 4.11. The average Bonchev–Trinajstić information content (AvgIpc) is 2.20. The Morgan fingerprint density at radius 1 is 0.933 bits per heavy atom. The van der Waals surface area contributed by atoms with Gasteiger partial charge in [0.05, 0.1) is 40.5 Å². The van der Waals surface area contributed by atoms with E-state index in [1.54, 1.807) is 12.2 Å². The second kappa shape index (κ2) is 8.65. The van der Waals surface area contributed by atoms with Crippen LogP contribution in [0.1, 0.15) is 0 Å². The molecule has 0 unspecified atom stereocenters. The molecule has 0 bridgehead atoms. The molecule has 3 heteroatoms. The molecule has 0 spiro atoms. The van der Waals surface area contributed by atoms with E-state index in [-0.39, 0.29) is 0 Å². The normalized spacial score (nSPS) is 11.3. The summed E-state index contributed by atoms with van der Waals surface area (Å²) in [6, 6.07) is 0. The molecule has 0 saturated carbocycles.